The van der Waals surface area contributed by atoms with Crippen molar-refractivity contribution in [1.82, 2.24) is 0 Å². The molecule has 52 heavy (non-hydrogen) atoms. The molecule has 0 bridgehead atoms. The summed E-state index contributed by atoms with van der Waals surface area (Å²) in [6.45, 7) is 18.3. The van der Waals surface area contributed by atoms with Crippen molar-refractivity contribution in [3.8, 4) is 11.5 Å². The smallest absolute Gasteiger partial charge is 0.319 e. The van der Waals surface area contributed by atoms with Gasteiger partial charge in [-0.15, -0.1) is 0 Å². The molecule has 0 radical (unpaired) electrons. The largest absolute Gasteiger partial charge is 0.495 e. The standard InChI is InChI=1S/C40H56N4O8/c1-11-43-29-23-33(49-9)31(21-25(29)13-15-27(35(43)45)37(47)51-39(3,4)5)41-17-19-42(20-18-41)32-22-26-14-16-28(38(48)52-40(6,7)8)36(46)44(12-2)30(26)24-34(32)50-10/h21-24,27-28H,11-20H2,1-10H3/t27-,28-/m1/s1. The number of esters is 2. The minimum Gasteiger partial charge on any atom is -0.495 e. The average molecular weight is 721 g/mol. The van der Waals surface area contributed by atoms with E-state index in [1.165, 1.54) is 0 Å². The van der Waals surface area contributed by atoms with Gasteiger partial charge in [0.1, 0.15) is 34.5 Å². The minimum atomic E-state index is -0.869. The average Bonchev–Trinajstić information content (AvgIpc) is 3.30. The number of ether oxygens (including phenoxy) is 4. The molecule has 12 heteroatoms. The number of benzene rings is 2. The first kappa shape index (κ1) is 38.7. The number of amides is 2. The quantitative estimate of drug-likeness (QED) is 0.254. The maximum Gasteiger partial charge on any atom is 0.319 e. The Morgan fingerprint density at radius 3 is 1.25 bits per heavy atom. The van der Waals surface area contributed by atoms with E-state index < -0.39 is 35.0 Å². The molecule has 3 aliphatic heterocycles. The molecule has 3 aliphatic rings. The van der Waals surface area contributed by atoms with Gasteiger partial charge in [0.05, 0.1) is 37.0 Å². The van der Waals surface area contributed by atoms with Gasteiger partial charge < -0.3 is 38.5 Å². The lowest BCUT2D eigenvalue weighted by molar-refractivity contribution is -0.163. The maximum atomic E-state index is 13.6. The Morgan fingerprint density at radius 1 is 0.615 bits per heavy atom. The summed E-state index contributed by atoms with van der Waals surface area (Å²) in [6, 6.07) is 8.07. The molecule has 0 saturated carbocycles. The van der Waals surface area contributed by atoms with Crippen LogP contribution in [0.25, 0.3) is 0 Å². The van der Waals surface area contributed by atoms with Crippen LogP contribution in [0.2, 0.25) is 0 Å². The maximum absolute atomic E-state index is 13.6. The second kappa shape index (κ2) is 15.2. The number of aryl methyl sites for hydroxylation is 2. The van der Waals surface area contributed by atoms with Crippen LogP contribution >= 0.6 is 0 Å². The summed E-state index contributed by atoms with van der Waals surface area (Å²) in [5.41, 5.74) is 4.03. The molecule has 5 rings (SSSR count). The SMILES string of the molecule is CCN1C(=O)[C@H](C(=O)OC(C)(C)C)CCc2cc(N3CCN(c4cc5c(cc4OC)N(CC)C(=O)[C@H](C(=O)OC(C)(C)C)CC5)CC3)c(OC)cc21. The summed E-state index contributed by atoms with van der Waals surface area (Å²) in [4.78, 5) is 61.4. The van der Waals surface area contributed by atoms with Crippen molar-refractivity contribution in [1.29, 1.82) is 0 Å². The number of nitrogens with zero attached hydrogens (tertiary/aromatic N) is 4. The molecule has 0 aliphatic carbocycles. The molecule has 12 nitrogen and oxygen atoms in total. The van der Waals surface area contributed by atoms with Gasteiger partial charge in [0, 0.05) is 51.4 Å². The number of hydrogen-bond donors (Lipinski definition) is 0. The summed E-state index contributed by atoms with van der Waals surface area (Å²) in [6.07, 6.45) is 1.84. The third-order valence-corrected chi connectivity index (χ3v) is 9.85. The monoisotopic (exact) mass is 720 g/mol. The van der Waals surface area contributed by atoms with Crippen LogP contribution in [0.1, 0.15) is 79.4 Å². The molecule has 284 valence electrons. The van der Waals surface area contributed by atoms with E-state index in [1.54, 1.807) is 24.0 Å². The first-order valence-corrected chi connectivity index (χ1v) is 18.5. The highest BCUT2D eigenvalue weighted by atomic mass is 16.6. The number of anilines is 4. The second-order valence-electron chi connectivity index (χ2n) is 15.7. The summed E-state index contributed by atoms with van der Waals surface area (Å²) in [5, 5.41) is 0. The molecular weight excluding hydrogens is 664 g/mol. The van der Waals surface area contributed by atoms with Gasteiger partial charge >= 0.3 is 11.9 Å². The molecule has 2 aromatic rings. The first-order valence-electron chi connectivity index (χ1n) is 18.5. The zero-order valence-electron chi connectivity index (χ0n) is 32.6. The van der Waals surface area contributed by atoms with E-state index in [0.29, 0.717) is 76.5 Å². The molecule has 0 N–H and O–H groups in total. The van der Waals surface area contributed by atoms with Gasteiger partial charge in [-0.1, -0.05) is 0 Å². The van der Waals surface area contributed by atoms with Crippen LogP contribution in [0.4, 0.5) is 22.7 Å². The van der Waals surface area contributed by atoms with Crippen LogP contribution in [0.5, 0.6) is 11.5 Å². The van der Waals surface area contributed by atoms with Crippen LogP contribution in [0, 0.1) is 11.8 Å². The number of rotatable bonds is 8. The van der Waals surface area contributed by atoms with Crippen molar-refractivity contribution in [2.75, 3.05) is 73.1 Å². The lowest BCUT2D eigenvalue weighted by atomic mass is 9.99. The van der Waals surface area contributed by atoms with Gasteiger partial charge in [0.25, 0.3) is 0 Å². The van der Waals surface area contributed by atoms with Gasteiger partial charge in [-0.25, -0.2) is 0 Å². The van der Waals surface area contributed by atoms with E-state index in [0.717, 1.165) is 33.9 Å². The Bertz CT molecular complexity index is 1560. The Balaban J connectivity index is 1.37. The van der Waals surface area contributed by atoms with Crippen molar-refractivity contribution in [3.05, 3.63) is 35.4 Å². The van der Waals surface area contributed by atoms with Crippen LogP contribution < -0.4 is 29.1 Å². The molecule has 0 spiro atoms. The highest BCUT2D eigenvalue weighted by Crippen LogP contribution is 2.42. The Kier molecular flexibility index (Phi) is 11.4. The van der Waals surface area contributed by atoms with Crippen LogP contribution in [-0.2, 0) is 41.5 Å². The van der Waals surface area contributed by atoms with E-state index in [2.05, 4.69) is 21.9 Å². The molecule has 2 atom stereocenters. The predicted molar refractivity (Wildman–Crippen MR) is 202 cm³/mol. The zero-order valence-corrected chi connectivity index (χ0v) is 32.6. The zero-order chi connectivity index (χ0) is 38.1. The lowest BCUT2D eigenvalue weighted by Gasteiger charge is -2.39. The van der Waals surface area contributed by atoms with E-state index in [1.807, 2.05) is 67.5 Å². The summed E-state index contributed by atoms with van der Waals surface area (Å²) in [5.74, 6) is -1.88. The van der Waals surface area contributed by atoms with Crippen LogP contribution in [-0.4, -0.2) is 88.4 Å². The topological polar surface area (TPSA) is 118 Å². The van der Waals surface area contributed by atoms with Crippen LogP contribution in [0.15, 0.2) is 24.3 Å². The van der Waals surface area contributed by atoms with Crippen molar-refractivity contribution >= 4 is 46.5 Å². The summed E-state index contributed by atoms with van der Waals surface area (Å²) in [7, 11) is 3.27. The van der Waals surface area contributed by atoms with Gasteiger partial charge in [-0.3, -0.25) is 19.2 Å². The highest BCUT2D eigenvalue weighted by molar-refractivity contribution is 6.08. The number of fused-ring (bicyclic) bond motifs is 2. The Morgan fingerprint density at radius 2 is 0.962 bits per heavy atom. The van der Waals surface area contributed by atoms with Gasteiger partial charge in [0.2, 0.25) is 11.8 Å². The van der Waals surface area contributed by atoms with Crippen molar-refractivity contribution in [2.45, 2.75) is 92.3 Å². The fourth-order valence-corrected chi connectivity index (χ4v) is 7.41. The van der Waals surface area contributed by atoms with E-state index in [4.69, 9.17) is 18.9 Å². The fraction of sp³-hybridized carbons (Fsp3) is 0.600. The second-order valence-corrected chi connectivity index (χ2v) is 15.7. The van der Waals surface area contributed by atoms with Crippen molar-refractivity contribution in [2.24, 2.45) is 11.8 Å². The summed E-state index contributed by atoms with van der Waals surface area (Å²) >= 11 is 0. The molecular formula is C40H56N4O8. The number of carbonyl (C=O) groups is 4. The molecule has 0 aromatic heterocycles. The minimum absolute atomic E-state index is 0.250. The van der Waals surface area contributed by atoms with E-state index in [-0.39, 0.29) is 11.8 Å². The molecule has 2 amide bonds. The normalized spacial score (nSPS) is 19.7. The van der Waals surface area contributed by atoms with Crippen LogP contribution in [0.3, 0.4) is 0 Å². The molecule has 2 aromatic carbocycles. The first-order chi connectivity index (χ1) is 24.5. The third-order valence-electron chi connectivity index (χ3n) is 9.85. The molecule has 3 heterocycles. The number of piperazine rings is 1. The van der Waals surface area contributed by atoms with Gasteiger partial charge in [-0.2, -0.15) is 0 Å². The van der Waals surface area contributed by atoms with Gasteiger partial charge in [0.15, 0.2) is 0 Å². The summed E-state index contributed by atoms with van der Waals surface area (Å²) < 4.78 is 23.1. The molecule has 0 unspecified atom stereocenters. The van der Waals surface area contributed by atoms with Crippen molar-refractivity contribution in [3.63, 3.8) is 0 Å². The fourth-order valence-electron chi connectivity index (χ4n) is 7.41. The third kappa shape index (κ3) is 8.10. The van der Waals surface area contributed by atoms with E-state index >= 15 is 0 Å². The highest BCUT2D eigenvalue weighted by Gasteiger charge is 2.40. The molecule has 1 fully saturated rings. The van der Waals surface area contributed by atoms with Gasteiger partial charge in [-0.05, 0) is 104 Å². The number of carbonyl (C=O) groups excluding carboxylic acids is 4. The van der Waals surface area contributed by atoms with E-state index in [9.17, 15) is 19.2 Å². The van der Waals surface area contributed by atoms with Crippen molar-refractivity contribution < 1.29 is 38.1 Å². The Hall–Kier alpha value is -4.48. The lowest BCUT2D eigenvalue weighted by Crippen LogP contribution is -2.47. The molecule has 1 saturated heterocycles. The Labute approximate surface area is 308 Å². The number of methoxy groups -OCH3 is 2. The predicted octanol–water partition coefficient (Wildman–Crippen LogP) is 5.54. The number of hydrogen-bond acceptors (Lipinski definition) is 10.